The van der Waals surface area contributed by atoms with Crippen molar-refractivity contribution in [1.29, 1.82) is 0 Å². The van der Waals surface area contributed by atoms with E-state index in [0.717, 1.165) is 31.1 Å². The van der Waals surface area contributed by atoms with Crippen molar-refractivity contribution in [3.8, 4) is 0 Å². The van der Waals surface area contributed by atoms with Crippen molar-refractivity contribution in [2.24, 2.45) is 11.8 Å². The minimum Gasteiger partial charge on any atom is -0.337 e. The molecule has 2 saturated heterocycles. The molecule has 2 N–H and O–H groups in total. The fraction of sp³-hybridized carbons (Fsp3) is 0.769. The van der Waals surface area contributed by atoms with E-state index >= 15 is 0 Å². The van der Waals surface area contributed by atoms with Crippen LogP contribution in [0.5, 0.6) is 0 Å². The zero-order valence-corrected chi connectivity index (χ0v) is 19.6. The number of aromatic nitrogens is 1. The van der Waals surface area contributed by atoms with Crippen molar-refractivity contribution in [3.05, 3.63) is 30.1 Å². The highest BCUT2D eigenvalue weighted by Crippen LogP contribution is 2.32. The van der Waals surface area contributed by atoms with E-state index in [1.54, 1.807) is 0 Å². The monoisotopic (exact) mass is 439 g/mol. The molecule has 32 heavy (non-hydrogen) atoms. The number of likely N-dealkylation sites (tertiary alicyclic amines) is 1. The molecule has 6 heteroatoms. The summed E-state index contributed by atoms with van der Waals surface area (Å²) in [7, 11) is 0. The third kappa shape index (κ3) is 5.18. The predicted octanol–water partition coefficient (Wildman–Crippen LogP) is 3.49. The van der Waals surface area contributed by atoms with Crippen molar-refractivity contribution in [2.45, 2.75) is 95.3 Å². The molecular formula is C26H41N5O. The number of pyridine rings is 1. The Labute approximate surface area is 193 Å². The van der Waals surface area contributed by atoms with Gasteiger partial charge in [0.05, 0.1) is 0 Å². The topological polar surface area (TPSA) is 60.5 Å². The van der Waals surface area contributed by atoms with Gasteiger partial charge < -0.3 is 9.80 Å². The standard InChI is InChI=1S/C26H41N5O/c32-26(25-23-12-4-5-13-24(23)28-29-25)31(17-20-8-6-14-27-16-20)19-21-9-7-15-30(18-21)22-10-2-1-3-11-22/h6,8,14,16,21-25,28-29H,1-5,7,9-13,15,17-19H2. The lowest BCUT2D eigenvalue weighted by atomic mass is 9.81. The normalized spacial score (nSPS) is 31.9. The summed E-state index contributed by atoms with van der Waals surface area (Å²) in [5.74, 6) is 1.28. The molecule has 2 aliphatic heterocycles. The van der Waals surface area contributed by atoms with Crippen LogP contribution >= 0.6 is 0 Å². The smallest absolute Gasteiger partial charge is 0.241 e. The number of hydrogen-bond donors (Lipinski definition) is 2. The number of fused-ring (bicyclic) bond motifs is 1. The maximum atomic E-state index is 13.9. The predicted molar refractivity (Wildman–Crippen MR) is 127 cm³/mol. The van der Waals surface area contributed by atoms with E-state index in [1.165, 1.54) is 70.8 Å². The van der Waals surface area contributed by atoms with E-state index in [9.17, 15) is 4.79 Å². The largest absolute Gasteiger partial charge is 0.337 e. The molecule has 1 amide bonds. The van der Waals surface area contributed by atoms with E-state index in [2.05, 4.69) is 31.7 Å². The van der Waals surface area contributed by atoms with Gasteiger partial charge >= 0.3 is 0 Å². The van der Waals surface area contributed by atoms with E-state index in [1.807, 2.05) is 18.5 Å². The van der Waals surface area contributed by atoms with Gasteiger partial charge in [-0.3, -0.25) is 15.2 Å². The lowest BCUT2D eigenvalue weighted by Crippen LogP contribution is -2.51. The van der Waals surface area contributed by atoms with Crippen LogP contribution in [0.3, 0.4) is 0 Å². The van der Waals surface area contributed by atoms with Crippen LogP contribution < -0.4 is 10.9 Å². The summed E-state index contributed by atoms with van der Waals surface area (Å²) in [6.07, 6.45) is 18.0. The highest BCUT2D eigenvalue weighted by molar-refractivity contribution is 5.82. The lowest BCUT2D eigenvalue weighted by Gasteiger charge is -2.41. The van der Waals surface area contributed by atoms with Crippen LogP contribution in [0, 0.1) is 11.8 Å². The number of nitrogens with zero attached hydrogens (tertiary/aromatic N) is 3. The van der Waals surface area contributed by atoms with Crippen molar-refractivity contribution >= 4 is 5.91 Å². The molecule has 4 unspecified atom stereocenters. The van der Waals surface area contributed by atoms with Gasteiger partial charge in [0.15, 0.2) is 0 Å². The number of carbonyl (C=O) groups excluding carboxylic acids is 1. The molecule has 0 aromatic carbocycles. The third-order valence-electron chi connectivity index (χ3n) is 8.47. The van der Waals surface area contributed by atoms with Crippen LogP contribution in [0.25, 0.3) is 0 Å². The first kappa shape index (κ1) is 22.3. The highest BCUT2D eigenvalue weighted by Gasteiger charge is 2.43. The Hall–Kier alpha value is -1.50. The van der Waals surface area contributed by atoms with Crippen LogP contribution in [0.1, 0.15) is 76.2 Å². The van der Waals surface area contributed by atoms with Crippen molar-refractivity contribution in [2.75, 3.05) is 19.6 Å². The summed E-state index contributed by atoms with van der Waals surface area (Å²) in [5, 5.41) is 0. The Morgan fingerprint density at radius 1 is 1.03 bits per heavy atom. The first-order valence-electron chi connectivity index (χ1n) is 13.2. The summed E-state index contributed by atoms with van der Waals surface area (Å²) in [6.45, 7) is 3.94. The number of amides is 1. The van der Waals surface area contributed by atoms with Gasteiger partial charge in [0.2, 0.25) is 5.91 Å². The van der Waals surface area contributed by atoms with Crippen LogP contribution in [-0.2, 0) is 11.3 Å². The van der Waals surface area contributed by atoms with E-state index < -0.39 is 0 Å². The van der Waals surface area contributed by atoms with Gasteiger partial charge in [0, 0.05) is 50.0 Å². The molecule has 176 valence electrons. The van der Waals surface area contributed by atoms with Gasteiger partial charge in [-0.15, -0.1) is 0 Å². The molecule has 0 radical (unpaired) electrons. The van der Waals surface area contributed by atoms with Crippen LogP contribution in [-0.4, -0.2) is 58.5 Å². The SMILES string of the molecule is O=C(C1NNC2CCCCC21)N(Cc1cccnc1)CC1CCCN(C2CCCCC2)C1. The number of nitrogens with one attached hydrogen (secondary N) is 2. The minimum atomic E-state index is -0.0880. The second-order valence-electron chi connectivity index (χ2n) is 10.7. The molecule has 0 spiro atoms. The molecule has 2 saturated carbocycles. The van der Waals surface area contributed by atoms with E-state index in [0.29, 0.717) is 24.4 Å². The molecule has 4 atom stereocenters. The van der Waals surface area contributed by atoms with Crippen molar-refractivity contribution < 1.29 is 4.79 Å². The average molecular weight is 440 g/mol. The van der Waals surface area contributed by atoms with Crippen molar-refractivity contribution in [3.63, 3.8) is 0 Å². The summed E-state index contributed by atoms with van der Waals surface area (Å²) >= 11 is 0. The molecule has 4 aliphatic rings. The molecule has 4 fully saturated rings. The number of hydrazine groups is 1. The van der Waals surface area contributed by atoms with Gasteiger partial charge in [-0.05, 0) is 62.6 Å². The quantitative estimate of drug-likeness (QED) is 0.711. The Balaban J connectivity index is 1.28. The van der Waals surface area contributed by atoms with Crippen LogP contribution in [0.15, 0.2) is 24.5 Å². The first-order valence-corrected chi connectivity index (χ1v) is 13.2. The number of rotatable bonds is 6. The maximum Gasteiger partial charge on any atom is 0.241 e. The summed E-state index contributed by atoms with van der Waals surface area (Å²) in [6, 6.07) is 5.23. The molecule has 2 aliphatic carbocycles. The Morgan fingerprint density at radius 3 is 2.72 bits per heavy atom. The zero-order chi connectivity index (χ0) is 21.8. The summed E-state index contributed by atoms with van der Waals surface area (Å²) < 4.78 is 0. The molecule has 1 aromatic rings. The molecule has 0 bridgehead atoms. The van der Waals surface area contributed by atoms with Crippen LogP contribution in [0.4, 0.5) is 0 Å². The average Bonchev–Trinajstić information content (AvgIpc) is 3.29. The Morgan fingerprint density at radius 2 is 1.88 bits per heavy atom. The molecule has 3 heterocycles. The molecule has 1 aromatic heterocycles. The fourth-order valence-electron chi connectivity index (χ4n) is 6.76. The Kier molecular flexibility index (Phi) is 7.40. The number of hydrogen-bond acceptors (Lipinski definition) is 5. The van der Waals surface area contributed by atoms with Gasteiger partial charge in [0.1, 0.15) is 6.04 Å². The Bertz CT molecular complexity index is 737. The molecule has 5 rings (SSSR count). The second kappa shape index (κ2) is 10.6. The van der Waals surface area contributed by atoms with Crippen molar-refractivity contribution in [1.82, 2.24) is 25.6 Å². The van der Waals surface area contributed by atoms with Gasteiger partial charge in [-0.1, -0.05) is 38.2 Å². The van der Waals surface area contributed by atoms with Gasteiger partial charge in [-0.25, -0.2) is 5.43 Å². The number of carbonyl (C=O) groups is 1. The van der Waals surface area contributed by atoms with Gasteiger partial charge in [-0.2, -0.15) is 0 Å². The molecular weight excluding hydrogens is 398 g/mol. The zero-order valence-electron chi connectivity index (χ0n) is 19.6. The van der Waals surface area contributed by atoms with Crippen LogP contribution in [0.2, 0.25) is 0 Å². The van der Waals surface area contributed by atoms with E-state index in [4.69, 9.17) is 0 Å². The summed E-state index contributed by atoms with van der Waals surface area (Å²) in [5.41, 5.74) is 7.97. The summed E-state index contributed by atoms with van der Waals surface area (Å²) in [4.78, 5) is 23.1. The number of piperidine rings is 1. The highest BCUT2D eigenvalue weighted by atomic mass is 16.2. The minimum absolute atomic E-state index is 0.0880. The molecule has 6 nitrogen and oxygen atoms in total. The van der Waals surface area contributed by atoms with E-state index in [-0.39, 0.29) is 11.9 Å². The second-order valence-corrected chi connectivity index (χ2v) is 10.7. The van der Waals surface area contributed by atoms with Gasteiger partial charge in [0.25, 0.3) is 0 Å². The lowest BCUT2D eigenvalue weighted by molar-refractivity contribution is -0.136. The first-order chi connectivity index (χ1) is 15.8. The third-order valence-corrected chi connectivity index (χ3v) is 8.47. The fourth-order valence-corrected chi connectivity index (χ4v) is 6.76. The maximum absolute atomic E-state index is 13.9.